The van der Waals surface area contributed by atoms with E-state index in [-0.39, 0.29) is 11.7 Å². The van der Waals surface area contributed by atoms with Crippen LogP contribution in [0.4, 0.5) is 4.39 Å². The van der Waals surface area contributed by atoms with Gasteiger partial charge in [0.25, 0.3) is 0 Å². The Morgan fingerprint density at radius 1 is 1.43 bits per heavy atom. The van der Waals surface area contributed by atoms with Gasteiger partial charge in [0, 0.05) is 39.4 Å². The fraction of sp³-hybridized carbons (Fsp3) is 0.438. The van der Waals surface area contributed by atoms with Crippen molar-refractivity contribution in [3.8, 4) is 0 Å². The van der Waals surface area contributed by atoms with E-state index in [1.54, 1.807) is 23.9 Å². The largest absolute Gasteiger partial charge is 0.383 e. The Hall–Kier alpha value is -1.72. The van der Waals surface area contributed by atoms with E-state index in [0.717, 1.165) is 30.6 Å². The minimum absolute atomic E-state index is 0.194. The molecule has 4 nitrogen and oxygen atoms in total. The molecule has 0 amide bonds. The number of nitrogens with zero attached hydrogens (tertiary/aromatic N) is 2. The Labute approximate surface area is 124 Å². The summed E-state index contributed by atoms with van der Waals surface area (Å²) in [5.41, 5.74) is 2.16. The van der Waals surface area contributed by atoms with Crippen molar-refractivity contribution < 1.29 is 9.13 Å². The van der Waals surface area contributed by atoms with Crippen LogP contribution in [0, 0.1) is 5.82 Å². The first-order chi connectivity index (χ1) is 10.2. The lowest BCUT2D eigenvalue weighted by Gasteiger charge is -2.17. The van der Waals surface area contributed by atoms with Gasteiger partial charge in [-0.1, -0.05) is 12.1 Å². The summed E-state index contributed by atoms with van der Waals surface area (Å²) in [6.07, 6.45) is 4.69. The van der Waals surface area contributed by atoms with Crippen LogP contribution in [0.3, 0.4) is 0 Å². The minimum atomic E-state index is -0.194. The number of hydrogen-bond acceptors (Lipinski definition) is 3. The predicted octanol–water partition coefficient (Wildman–Crippen LogP) is 2.12. The summed E-state index contributed by atoms with van der Waals surface area (Å²) in [4.78, 5) is 0. The van der Waals surface area contributed by atoms with Gasteiger partial charge in [0.2, 0.25) is 0 Å². The van der Waals surface area contributed by atoms with Gasteiger partial charge in [-0.2, -0.15) is 5.10 Å². The monoisotopic (exact) mass is 291 g/mol. The molecule has 0 saturated heterocycles. The number of aryl methyl sites for hydroxylation is 1. The summed E-state index contributed by atoms with van der Waals surface area (Å²) in [7, 11) is 3.58. The van der Waals surface area contributed by atoms with Crippen molar-refractivity contribution in [2.45, 2.75) is 12.3 Å². The number of rotatable bonds is 8. The first-order valence-electron chi connectivity index (χ1n) is 7.11. The highest BCUT2D eigenvalue weighted by Crippen LogP contribution is 2.21. The number of benzene rings is 1. The number of ether oxygens (including phenoxy) is 1. The maximum absolute atomic E-state index is 13.5. The topological polar surface area (TPSA) is 39.1 Å². The van der Waals surface area contributed by atoms with Crippen molar-refractivity contribution in [2.24, 2.45) is 7.05 Å². The second-order valence-electron chi connectivity index (χ2n) is 5.18. The molecule has 0 saturated carbocycles. The summed E-state index contributed by atoms with van der Waals surface area (Å²) >= 11 is 0. The van der Waals surface area contributed by atoms with Crippen molar-refractivity contribution in [1.82, 2.24) is 15.1 Å². The fourth-order valence-corrected chi connectivity index (χ4v) is 2.38. The third-order valence-electron chi connectivity index (χ3n) is 3.43. The fourth-order valence-electron chi connectivity index (χ4n) is 2.38. The predicted molar refractivity (Wildman–Crippen MR) is 80.8 cm³/mol. The van der Waals surface area contributed by atoms with Crippen molar-refractivity contribution in [3.05, 3.63) is 53.6 Å². The molecule has 2 rings (SSSR count). The average molecular weight is 291 g/mol. The number of aromatic nitrogens is 2. The average Bonchev–Trinajstić information content (AvgIpc) is 2.87. The first-order valence-corrected chi connectivity index (χ1v) is 7.11. The summed E-state index contributed by atoms with van der Waals surface area (Å²) in [6.45, 7) is 2.24. The maximum atomic E-state index is 13.5. The summed E-state index contributed by atoms with van der Waals surface area (Å²) in [5.74, 6) is 0.0161. The van der Waals surface area contributed by atoms with E-state index in [2.05, 4.69) is 10.4 Å². The molecular formula is C16H22FN3O. The minimum Gasteiger partial charge on any atom is -0.383 e. The highest BCUT2D eigenvalue weighted by atomic mass is 19.1. The third kappa shape index (κ3) is 4.95. The van der Waals surface area contributed by atoms with Gasteiger partial charge in [-0.15, -0.1) is 0 Å². The zero-order chi connectivity index (χ0) is 15.1. The van der Waals surface area contributed by atoms with Gasteiger partial charge in [-0.25, -0.2) is 4.39 Å². The molecule has 1 atom stereocenters. The quantitative estimate of drug-likeness (QED) is 0.757. The van der Waals surface area contributed by atoms with Gasteiger partial charge in [0.1, 0.15) is 5.82 Å². The van der Waals surface area contributed by atoms with Crippen LogP contribution in [0.25, 0.3) is 0 Å². The Morgan fingerprint density at radius 3 is 2.95 bits per heavy atom. The lowest BCUT2D eigenvalue weighted by Crippen LogP contribution is -2.26. The van der Waals surface area contributed by atoms with Crippen molar-refractivity contribution >= 4 is 0 Å². The lowest BCUT2D eigenvalue weighted by atomic mass is 9.93. The van der Waals surface area contributed by atoms with E-state index in [0.29, 0.717) is 6.61 Å². The molecule has 0 bridgehead atoms. The molecule has 114 valence electrons. The molecule has 0 aliphatic rings. The molecule has 0 aliphatic heterocycles. The van der Waals surface area contributed by atoms with Crippen LogP contribution in [0.5, 0.6) is 0 Å². The number of methoxy groups -OCH3 is 1. The van der Waals surface area contributed by atoms with Crippen LogP contribution < -0.4 is 5.32 Å². The van der Waals surface area contributed by atoms with Crippen LogP contribution in [0.1, 0.15) is 17.0 Å². The van der Waals surface area contributed by atoms with E-state index in [1.807, 2.05) is 25.5 Å². The van der Waals surface area contributed by atoms with E-state index < -0.39 is 0 Å². The molecule has 0 spiro atoms. The lowest BCUT2D eigenvalue weighted by molar-refractivity contribution is 0.199. The molecule has 0 aliphatic carbocycles. The van der Waals surface area contributed by atoms with Gasteiger partial charge < -0.3 is 10.1 Å². The maximum Gasteiger partial charge on any atom is 0.123 e. The van der Waals surface area contributed by atoms with Crippen LogP contribution in [-0.4, -0.2) is 36.6 Å². The zero-order valence-corrected chi connectivity index (χ0v) is 12.6. The third-order valence-corrected chi connectivity index (χ3v) is 3.43. The number of hydrogen-bond donors (Lipinski definition) is 1. The van der Waals surface area contributed by atoms with Crippen molar-refractivity contribution in [3.63, 3.8) is 0 Å². The zero-order valence-electron chi connectivity index (χ0n) is 12.6. The van der Waals surface area contributed by atoms with Crippen LogP contribution in [0.2, 0.25) is 0 Å². The molecule has 0 fully saturated rings. The van der Waals surface area contributed by atoms with E-state index >= 15 is 0 Å². The van der Waals surface area contributed by atoms with Gasteiger partial charge in [0.15, 0.2) is 0 Å². The van der Waals surface area contributed by atoms with E-state index in [4.69, 9.17) is 4.74 Å². The Morgan fingerprint density at radius 2 is 2.29 bits per heavy atom. The molecular weight excluding hydrogens is 269 g/mol. The highest BCUT2D eigenvalue weighted by Gasteiger charge is 2.14. The van der Waals surface area contributed by atoms with Gasteiger partial charge >= 0.3 is 0 Å². The first kappa shape index (κ1) is 15.7. The number of nitrogens with one attached hydrogen (secondary N) is 1. The molecule has 5 heteroatoms. The van der Waals surface area contributed by atoms with Gasteiger partial charge in [-0.3, -0.25) is 4.68 Å². The molecule has 1 N–H and O–H groups in total. The Kier molecular flexibility index (Phi) is 5.90. The SMILES string of the molecule is COCCNCC(Cc1cnn(C)c1)c1cccc(F)c1. The second kappa shape index (κ2) is 7.90. The molecule has 1 unspecified atom stereocenters. The van der Waals surface area contributed by atoms with Gasteiger partial charge in [0.05, 0.1) is 12.8 Å². The van der Waals surface area contributed by atoms with Crippen molar-refractivity contribution in [2.75, 3.05) is 26.8 Å². The molecule has 0 radical (unpaired) electrons. The van der Waals surface area contributed by atoms with Gasteiger partial charge in [-0.05, 0) is 29.7 Å². The summed E-state index contributed by atoms with van der Waals surface area (Å²) in [6, 6.07) is 6.82. The highest BCUT2D eigenvalue weighted by molar-refractivity contribution is 5.23. The number of halogens is 1. The standard InChI is InChI=1S/C16H22FN3O/c1-20-12-13(10-19-20)8-15(11-18-6-7-21-2)14-4-3-5-16(17)9-14/h3-5,9-10,12,15,18H,6-8,11H2,1-2H3. The molecule has 1 heterocycles. The normalized spacial score (nSPS) is 12.5. The van der Waals surface area contributed by atoms with E-state index in [9.17, 15) is 4.39 Å². The second-order valence-corrected chi connectivity index (χ2v) is 5.18. The van der Waals surface area contributed by atoms with Crippen molar-refractivity contribution in [1.29, 1.82) is 0 Å². The Balaban J connectivity index is 2.06. The smallest absolute Gasteiger partial charge is 0.123 e. The summed E-state index contributed by atoms with van der Waals surface area (Å²) < 4.78 is 20.3. The van der Waals surface area contributed by atoms with Crippen LogP contribution in [-0.2, 0) is 18.2 Å². The van der Waals surface area contributed by atoms with Crippen LogP contribution >= 0.6 is 0 Å². The molecule has 2 aromatic rings. The molecule has 1 aromatic heterocycles. The molecule has 21 heavy (non-hydrogen) atoms. The van der Waals surface area contributed by atoms with E-state index in [1.165, 1.54) is 6.07 Å². The Bertz CT molecular complexity index is 556. The summed E-state index contributed by atoms with van der Waals surface area (Å²) in [5, 5.41) is 7.55. The van der Waals surface area contributed by atoms with Crippen LogP contribution in [0.15, 0.2) is 36.7 Å². The molecule has 1 aromatic carbocycles.